The first kappa shape index (κ1) is 25.2. The third kappa shape index (κ3) is 8.49. The van der Waals surface area contributed by atoms with Crippen LogP contribution in [-0.4, -0.2) is 68.7 Å². The smallest absolute Gasteiger partial charge is 0.321 e. The molecule has 2 aromatic carbocycles. The molecule has 1 fully saturated rings. The van der Waals surface area contributed by atoms with Crippen molar-refractivity contribution in [2.75, 3.05) is 56.2 Å². The van der Waals surface area contributed by atoms with E-state index in [2.05, 4.69) is 20.9 Å². The van der Waals surface area contributed by atoms with Crippen LogP contribution in [0, 0.1) is 0 Å². The van der Waals surface area contributed by atoms with E-state index in [9.17, 15) is 14.4 Å². The highest BCUT2D eigenvalue weighted by atomic mass is 16.5. The summed E-state index contributed by atoms with van der Waals surface area (Å²) in [7, 11) is 0. The number of rotatable bonds is 10. The fourth-order valence-corrected chi connectivity index (χ4v) is 3.60. The van der Waals surface area contributed by atoms with E-state index in [4.69, 9.17) is 4.74 Å². The van der Waals surface area contributed by atoms with Crippen molar-refractivity contribution in [2.45, 2.75) is 19.9 Å². The predicted molar refractivity (Wildman–Crippen MR) is 132 cm³/mol. The van der Waals surface area contributed by atoms with E-state index in [1.165, 1.54) is 0 Å². The SMILES string of the molecule is CCN(CCC(=O)NC(=O)NCc1ccccc1)CC(=O)Nc1ccc(N2CCOCC2)cc1. The average molecular weight is 468 g/mol. The van der Waals surface area contributed by atoms with Crippen molar-refractivity contribution in [1.29, 1.82) is 0 Å². The highest BCUT2D eigenvalue weighted by molar-refractivity contribution is 5.94. The number of amides is 4. The van der Waals surface area contributed by atoms with Gasteiger partial charge in [0, 0.05) is 44.0 Å². The van der Waals surface area contributed by atoms with Gasteiger partial charge in [-0.05, 0) is 36.4 Å². The molecule has 34 heavy (non-hydrogen) atoms. The van der Waals surface area contributed by atoms with E-state index in [0.717, 1.165) is 43.2 Å². The Morgan fingerprint density at radius 1 is 0.971 bits per heavy atom. The number of imide groups is 1. The van der Waals surface area contributed by atoms with Gasteiger partial charge in [-0.2, -0.15) is 0 Å². The number of benzene rings is 2. The summed E-state index contributed by atoms with van der Waals surface area (Å²) in [5.74, 6) is -0.537. The van der Waals surface area contributed by atoms with Crippen LogP contribution in [0.15, 0.2) is 54.6 Å². The summed E-state index contributed by atoms with van der Waals surface area (Å²) in [4.78, 5) is 40.6. The number of morpholine rings is 1. The number of anilines is 2. The van der Waals surface area contributed by atoms with Gasteiger partial charge in [0.05, 0.1) is 19.8 Å². The normalized spacial score (nSPS) is 13.4. The minimum Gasteiger partial charge on any atom is -0.378 e. The molecule has 0 radical (unpaired) electrons. The second-order valence-corrected chi connectivity index (χ2v) is 8.03. The Balaban J connectivity index is 1.36. The maximum absolute atomic E-state index is 12.5. The molecule has 0 saturated carbocycles. The van der Waals surface area contributed by atoms with E-state index in [1.54, 1.807) is 0 Å². The fourth-order valence-electron chi connectivity index (χ4n) is 3.60. The molecular formula is C25H33N5O4. The van der Waals surface area contributed by atoms with Crippen LogP contribution in [0.25, 0.3) is 0 Å². The lowest BCUT2D eigenvalue weighted by Crippen LogP contribution is -2.41. The van der Waals surface area contributed by atoms with Gasteiger partial charge in [-0.3, -0.25) is 19.8 Å². The molecule has 182 valence electrons. The van der Waals surface area contributed by atoms with Crippen LogP contribution >= 0.6 is 0 Å². The standard InChI is InChI=1S/C25H33N5O4/c1-2-29(13-12-23(31)28-25(33)26-18-20-6-4-3-5-7-20)19-24(32)27-21-8-10-22(11-9-21)30-14-16-34-17-15-30/h3-11H,2,12-19H2,1H3,(H,27,32)(H2,26,28,31,33). The minimum atomic E-state index is -0.532. The molecule has 0 unspecified atom stereocenters. The minimum absolute atomic E-state index is 0.119. The van der Waals surface area contributed by atoms with Gasteiger partial charge >= 0.3 is 6.03 Å². The maximum atomic E-state index is 12.5. The van der Waals surface area contributed by atoms with Gasteiger partial charge < -0.3 is 20.3 Å². The Morgan fingerprint density at radius 3 is 2.35 bits per heavy atom. The number of urea groups is 1. The first-order valence-electron chi connectivity index (χ1n) is 11.6. The van der Waals surface area contributed by atoms with E-state index >= 15 is 0 Å². The van der Waals surface area contributed by atoms with Crippen molar-refractivity contribution in [3.63, 3.8) is 0 Å². The molecule has 0 bridgehead atoms. The number of nitrogens with zero attached hydrogens (tertiary/aromatic N) is 2. The Bertz CT molecular complexity index is 930. The van der Waals surface area contributed by atoms with Gasteiger partial charge in [-0.1, -0.05) is 37.3 Å². The number of nitrogens with one attached hydrogen (secondary N) is 3. The second-order valence-electron chi connectivity index (χ2n) is 8.03. The second kappa shape index (κ2) is 13.3. The Morgan fingerprint density at radius 2 is 1.68 bits per heavy atom. The molecule has 1 saturated heterocycles. The lowest BCUT2D eigenvalue weighted by atomic mass is 10.2. The zero-order valence-electron chi connectivity index (χ0n) is 19.6. The van der Waals surface area contributed by atoms with Crippen LogP contribution in [0.5, 0.6) is 0 Å². The Labute approximate surface area is 200 Å². The number of hydrogen-bond acceptors (Lipinski definition) is 6. The summed E-state index contributed by atoms with van der Waals surface area (Å²) in [5, 5.41) is 7.89. The third-order valence-corrected chi connectivity index (χ3v) is 5.55. The Kier molecular flexibility index (Phi) is 9.87. The largest absolute Gasteiger partial charge is 0.378 e. The van der Waals surface area contributed by atoms with E-state index in [0.29, 0.717) is 19.6 Å². The van der Waals surface area contributed by atoms with Crippen LogP contribution in [0.4, 0.5) is 16.2 Å². The topological polar surface area (TPSA) is 103 Å². The number of carbonyl (C=O) groups is 3. The monoisotopic (exact) mass is 467 g/mol. The lowest BCUT2D eigenvalue weighted by molar-refractivity contribution is -0.121. The van der Waals surface area contributed by atoms with Gasteiger partial charge in [0.15, 0.2) is 0 Å². The maximum Gasteiger partial charge on any atom is 0.321 e. The lowest BCUT2D eigenvalue weighted by Gasteiger charge is -2.29. The van der Waals surface area contributed by atoms with Crippen molar-refractivity contribution in [3.8, 4) is 0 Å². The summed E-state index contributed by atoms with van der Waals surface area (Å²) in [5.41, 5.74) is 2.78. The highest BCUT2D eigenvalue weighted by Gasteiger charge is 2.14. The highest BCUT2D eigenvalue weighted by Crippen LogP contribution is 2.19. The molecule has 1 aliphatic heterocycles. The van der Waals surface area contributed by atoms with E-state index < -0.39 is 6.03 Å². The van der Waals surface area contributed by atoms with Gasteiger partial charge in [-0.15, -0.1) is 0 Å². The van der Waals surface area contributed by atoms with Crippen molar-refractivity contribution in [1.82, 2.24) is 15.5 Å². The molecule has 0 aliphatic carbocycles. The van der Waals surface area contributed by atoms with Crippen LogP contribution in [0.1, 0.15) is 18.9 Å². The molecular weight excluding hydrogens is 434 g/mol. The van der Waals surface area contributed by atoms with Gasteiger partial charge in [-0.25, -0.2) is 4.79 Å². The molecule has 3 N–H and O–H groups in total. The van der Waals surface area contributed by atoms with Gasteiger partial charge in [0.2, 0.25) is 11.8 Å². The first-order valence-corrected chi connectivity index (χ1v) is 11.6. The molecule has 0 aromatic heterocycles. The summed E-state index contributed by atoms with van der Waals surface area (Å²) in [6, 6.07) is 16.7. The molecule has 0 spiro atoms. The van der Waals surface area contributed by atoms with Crippen LogP contribution in [-0.2, 0) is 20.9 Å². The van der Waals surface area contributed by atoms with Gasteiger partial charge in [0.25, 0.3) is 0 Å². The van der Waals surface area contributed by atoms with Crippen LogP contribution in [0.2, 0.25) is 0 Å². The number of ether oxygens (including phenoxy) is 1. The van der Waals surface area contributed by atoms with Gasteiger partial charge in [0.1, 0.15) is 0 Å². The molecule has 9 nitrogen and oxygen atoms in total. The zero-order chi connectivity index (χ0) is 24.2. The summed E-state index contributed by atoms with van der Waals surface area (Å²) < 4.78 is 5.38. The third-order valence-electron chi connectivity index (χ3n) is 5.55. The molecule has 2 aromatic rings. The molecule has 4 amide bonds. The number of hydrogen-bond donors (Lipinski definition) is 3. The van der Waals surface area contributed by atoms with Crippen molar-refractivity contribution in [2.24, 2.45) is 0 Å². The predicted octanol–water partition coefficient (Wildman–Crippen LogP) is 2.20. The molecule has 9 heteroatoms. The summed E-state index contributed by atoms with van der Waals surface area (Å²) in [6.45, 7) is 6.58. The van der Waals surface area contributed by atoms with Crippen LogP contribution < -0.4 is 20.9 Å². The van der Waals surface area contributed by atoms with E-state index in [1.807, 2.05) is 66.4 Å². The first-order chi connectivity index (χ1) is 16.5. The molecule has 0 atom stereocenters. The zero-order valence-corrected chi connectivity index (χ0v) is 19.6. The average Bonchev–Trinajstić information content (AvgIpc) is 2.87. The van der Waals surface area contributed by atoms with Crippen LogP contribution in [0.3, 0.4) is 0 Å². The number of likely N-dealkylation sites (N-methyl/N-ethyl adjacent to an activating group) is 1. The van der Waals surface area contributed by atoms with Crippen molar-refractivity contribution >= 4 is 29.2 Å². The van der Waals surface area contributed by atoms with E-state index in [-0.39, 0.29) is 24.8 Å². The molecule has 1 aliphatic rings. The van der Waals surface area contributed by atoms with Crippen molar-refractivity contribution < 1.29 is 19.1 Å². The molecule has 1 heterocycles. The van der Waals surface area contributed by atoms with Crippen molar-refractivity contribution in [3.05, 3.63) is 60.2 Å². The Hall–Kier alpha value is -3.43. The fraction of sp³-hybridized carbons (Fsp3) is 0.400. The summed E-state index contributed by atoms with van der Waals surface area (Å²) >= 11 is 0. The number of carbonyl (C=O) groups excluding carboxylic acids is 3. The summed E-state index contributed by atoms with van der Waals surface area (Å²) in [6.07, 6.45) is 0.119. The molecule has 3 rings (SSSR count). The quantitative estimate of drug-likeness (QED) is 0.495.